The number of allylic oxidation sites excluding steroid dienone is 2. The molecule has 6 nitrogen and oxygen atoms in total. The number of aromatic nitrogens is 1. The highest BCUT2D eigenvalue weighted by molar-refractivity contribution is 6.24. The fourth-order valence-electron chi connectivity index (χ4n) is 2.09. The van der Waals surface area contributed by atoms with Crippen LogP contribution in [0, 0.1) is 0 Å². The Morgan fingerprint density at radius 3 is 2.53 bits per heavy atom. The summed E-state index contributed by atoms with van der Waals surface area (Å²) in [6.07, 6.45) is 1.11. The molecule has 1 aromatic rings. The van der Waals surface area contributed by atoms with Gasteiger partial charge in [-0.1, -0.05) is 0 Å². The van der Waals surface area contributed by atoms with Crippen LogP contribution in [0.4, 0.5) is 0 Å². The van der Waals surface area contributed by atoms with Crippen molar-refractivity contribution in [3.05, 3.63) is 34.3 Å². The number of rotatable bonds is 4. The maximum atomic E-state index is 12.2. The van der Waals surface area contributed by atoms with Crippen molar-refractivity contribution in [3.8, 4) is 0 Å². The van der Waals surface area contributed by atoms with Gasteiger partial charge in [-0.3, -0.25) is 14.4 Å². The van der Waals surface area contributed by atoms with Crippen molar-refractivity contribution in [1.29, 1.82) is 0 Å². The molecule has 0 aromatic carbocycles. The van der Waals surface area contributed by atoms with Crippen molar-refractivity contribution >= 4 is 17.3 Å². The minimum Gasteiger partial charge on any atom is -0.492 e. The summed E-state index contributed by atoms with van der Waals surface area (Å²) < 4.78 is 9.88. The molecule has 1 N–H and O–H groups in total. The lowest BCUT2D eigenvalue weighted by Crippen LogP contribution is -2.18. The van der Waals surface area contributed by atoms with E-state index >= 15 is 0 Å². The Kier molecular flexibility index (Phi) is 3.35. The molecule has 1 heterocycles. The number of Topliss-reactive ketones (excluding diaryl/α,β-unsaturated/α-hetero) is 2. The van der Waals surface area contributed by atoms with Crippen LogP contribution in [0.25, 0.3) is 0 Å². The number of hydrogen-bond acceptors (Lipinski definition) is 5. The maximum absolute atomic E-state index is 12.2. The Morgan fingerprint density at radius 1 is 1.32 bits per heavy atom. The van der Waals surface area contributed by atoms with Gasteiger partial charge in [0, 0.05) is 25.7 Å². The quantitative estimate of drug-likeness (QED) is 0.827. The number of aromatic amines is 1. The second-order valence-electron chi connectivity index (χ2n) is 4.12. The van der Waals surface area contributed by atoms with Crippen molar-refractivity contribution in [2.45, 2.75) is 13.5 Å². The lowest BCUT2D eigenvalue weighted by atomic mass is 9.96. The van der Waals surface area contributed by atoms with Crippen LogP contribution in [-0.2, 0) is 16.1 Å². The molecular formula is C13H13NO5. The van der Waals surface area contributed by atoms with Gasteiger partial charge in [-0.15, -0.1) is 0 Å². The SMILES string of the molecule is COCc1c(C(C)=O)[nH]c2c1C(=O)C(OC)=CC2=O. The Hall–Kier alpha value is -2.21. The van der Waals surface area contributed by atoms with Crippen molar-refractivity contribution in [2.24, 2.45) is 0 Å². The number of hydrogen-bond donors (Lipinski definition) is 1. The van der Waals surface area contributed by atoms with Gasteiger partial charge in [0.05, 0.1) is 30.7 Å². The molecule has 0 unspecified atom stereocenters. The van der Waals surface area contributed by atoms with Gasteiger partial charge in [0.1, 0.15) is 0 Å². The number of methoxy groups -OCH3 is 2. The van der Waals surface area contributed by atoms with Gasteiger partial charge in [-0.05, 0) is 0 Å². The van der Waals surface area contributed by atoms with E-state index in [0.29, 0.717) is 5.56 Å². The molecule has 0 atom stereocenters. The first kappa shape index (κ1) is 13.2. The molecule has 0 amide bonds. The summed E-state index contributed by atoms with van der Waals surface area (Å²) in [6, 6.07) is 0. The Morgan fingerprint density at radius 2 is 2.00 bits per heavy atom. The van der Waals surface area contributed by atoms with Crippen molar-refractivity contribution in [2.75, 3.05) is 14.2 Å². The highest BCUT2D eigenvalue weighted by Crippen LogP contribution is 2.28. The Bertz CT molecular complexity index is 609. The van der Waals surface area contributed by atoms with Crippen LogP contribution in [-0.4, -0.2) is 36.6 Å². The van der Waals surface area contributed by atoms with Crippen LogP contribution in [0.1, 0.15) is 43.8 Å². The summed E-state index contributed by atoms with van der Waals surface area (Å²) >= 11 is 0. The largest absolute Gasteiger partial charge is 0.492 e. The molecule has 0 saturated heterocycles. The summed E-state index contributed by atoms with van der Waals surface area (Å²) in [5.74, 6) is -1.12. The molecule has 2 rings (SSSR count). The summed E-state index contributed by atoms with van der Waals surface area (Å²) in [6.45, 7) is 1.42. The third-order valence-electron chi connectivity index (χ3n) is 2.92. The zero-order valence-electron chi connectivity index (χ0n) is 10.8. The number of ketones is 3. The first-order valence-electron chi connectivity index (χ1n) is 5.60. The Balaban J connectivity index is 2.67. The fraction of sp³-hybridized carbons (Fsp3) is 0.308. The van der Waals surface area contributed by atoms with Crippen LogP contribution < -0.4 is 0 Å². The molecular weight excluding hydrogens is 250 g/mol. The minimum absolute atomic E-state index is 0.0380. The van der Waals surface area contributed by atoms with E-state index in [9.17, 15) is 14.4 Å². The number of H-pyrrole nitrogens is 1. The lowest BCUT2D eigenvalue weighted by molar-refractivity contribution is 0.0912. The van der Waals surface area contributed by atoms with Crippen LogP contribution >= 0.6 is 0 Å². The van der Waals surface area contributed by atoms with E-state index < -0.39 is 11.6 Å². The van der Waals surface area contributed by atoms with Crippen LogP contribution in [0.3, 0.4) is 0 Å². The topological polar surface area (TPSA) is 85.5 Å². The predicted molar refractivity (Wildman–Crippen MR) is 65.3 cm³/mol. The van der Waals surface area contributed by atoms with Crippen molar-refractivity contribution in [3.63, 3.8) is 0 Å². The molecule has 100 valence electrons. The predicted octanol–water partition coefficient (Wildman–Crippen LogP) is 1.27. The minimum atomic E-state index is -0.423. The summed E-state index contributed by atoms with van der Waals surface area (Å²) in [5.41, 5.74) is 0.893. The molecule has 1 aliphatic rings. The lowest BCUT2D eigenvalue weighted by Gasteiger charge is -2.11. The van der Waals surface area contributed by atoms with Gasteiger partial charge >= 0.3 is 0 Å². The fourth-order valence-corrected chi connectivity index (χ4v) is 2.09. The van der Waals surface area contributed by atoms with Crippen LogP contribution in [0.15, 0.2) is 11.8 Å². The average molecular weight is 263 g/mol. The third-order valence-corrected chi connectivity index (χ3v) is 2.92. The summed E-state index contributed by atoms with van der Waals surface area (Å²) in [7, 11) is 2.77. The first-order chi connectivity index (χ1) is 9.01. The molecule has 0 aliphatic heterocycles. The van der Waals surface area contributed by atoms with Gasteiger partial charge < -0.3 is 14.5 Å². The molecule has 0 bridgehead atoms. The second kappa shape index (κ2) is 4.81. The van der Waals surface area contributed by atoms with Gasteiger partial charge in [0.25, 0.3) is 0 Å². The van der Waals surface area contributed by atoms with Crippen LogP contribution in [0.5, 0.6) is 0 Å². The van der Waals surface area contributed by atoms with Gasteiger partial charge in [-0.2, -0.15) is 0 Å². The van der Waals surface area contributed by atoms with Crippen molar-refractivity contribution < 1.29 is 23.9 Å². The molecule has 1 aromatic heterocycles. The normalized spacial score (nSPS) is 14.2. The molecule has 0 saturated carbocycles. The third kappa shape index (κ3) is 2.00. The van der Waals surface area contributed by atoms with Gasteiger partial charge in [-0.25, -0.2) is 0 Å². The van der Waals surface area contributed by atoms with E-state index in [1.807, 2.05) is 0 Å². The number of fused-ring (bicyclic) bond motifs is 1. The van der Waals surface area contributed by atoms with Crippen molar-refractivity contribution in [1.82, 2.24) is 4.98 Å². The van der Waals surface area contributed by atoms with E-state index in [4.69, 9.17) is 9.47 Å². The summed E-state index contributed by atoms with van der Waals surface area (Å²) in [5, 5.41) is 0. The highest BCUT2D eigenvalue weighted by atomic mass is 16.5. The molecule has 0 spiro atoms. The monoisotopic (exact) mass is 263 g/mol. The first-order valence-corrected chi connectivity index (χ1v) is 5.60. The number of nitrogens with one attached hydrogen (secondary N) is 1. The van der Waals surface area contributed by atoms with Gasteiger partial charge in [0.15, 0.2) is 11.5 Å². The average Bonchev–Trinajstić information content (AvgIpc) is 2.74. The smallest absolute Gasteiger partial charge is 0.230 e. The zero-order chi connectivity index (χ0) is 14.2. The van der Waals surface area contributed by atoms with E-state index in [-0.39, 0.29) is 35.1 Å². The Labute approximate surface area is 109 Å². The number of carbonyl (C=O) groups is 3. The zero-order valence-corrected chi connectivity index (χ0v) is 10.8. The van der Waals surface area contributed by atoms with Crippen LogP contribution in [0.2, 0.25) is 0 Å². The standard InChI is InChI=1S/C13H13NO5/c1-6(15)11-7(5-18-2)10-12(14-11)8(16)4-9(19-3)13(10)17/h4,14H,5H2,1-3H3. The molecule has 6 heteroatoms. The molecule has 0 radical (unpaired) electrons. The van der Waals surface area contributed by atoms with E-state index in [1.165, 1.54) is 21.1 Å². The second-order valence-corrected chi connectivity index (χ2v) is 4.12. The van der Waals surface area contributed by atoms with E-state index in [0.717, 1.165) is 6.08 Å². The molecule has 0 fully saturated rings. The maximum Gasteiger partial charge on any atom is 0.230 e. The molecule has 19 heavy (non-hydrogen) atoms. The van der Waals surface area contributed by atoms with E-state index in [1.54, 1.807) is 0 Å². The summed E-state index contributed by atoms with van der Waals surface area (Å²) in [4.78, 5) is 38.4. The highest BCUT2D eigenvalue weighted by Gasteiger charge is 2.33. The van der Waals surface area contributed by atoms with Gasteiger partial charge in [0.2, 0.25) is 11.6 Å². The number of carbonyl (C=O) groups excluding carboxylic acids is 3. The van der Waals surface area contributed by atoms with E-state index in [2.05, 4.69) is 4.98 Å². The molecule has 1 aliphatic carbocycles. The number of ether oxygens (including phenoxy) is 2.